The van der Waals surface area contributed by atoms with Crippen LogP contribution in [0.1, 0.15) is 17.0 Å². The minimum Gasteiger partial charge on any atom is -0.449 e. The lowest BCUT2D eigenvalue weighted by Crippen LogP contribution is -2.32. The van der Waals surface area contributed by atoms with Gasteiger partial charge in [-0.2, -0.15) is 0 Å². The van der Waals surface area contributed by atoms with E-state index in [4.69, 9.17) is 4.74 Å². The molecule has 1 aliphatic carbocycles. The fourth-order valence-corrected chi connectivity index (χ4v) is 3.53. The van der Waals surface area contributed by atoms with Gasteiger partial charge in [0, 0.05) is 31.5 Å². The molecule has 4 rings (SSSR count). The topological polar surface area (TPSA) is 62.4 Å². The van der Waals surface area contributed by atoms with Crippen LogP contribution in [0.2, 0.25) is 0 Å². The molecule has 3 N–H and O–H groups in total. The van der Waals surface area contributed by atoms with E-state index >= 15 is 0 Å². The number of hydrazine groups is 1. The number of amides is 1. The van der Waals surface area contributed by atoms with Crippen LogP contribution in [0, 0.1) is 5.92 Å². The lowest BCUT2D eigenvalue weighted by molar-refractivity contribution is 0.142. The molecular weight excluding hydrogens is 302 g/mol. The molecule has 1 amide bonds. The first kappa shape index (κ1) is 15.2. The monoisotopic (exact) mass is 323 g/mol. The van der Waals surface area contributed by atoms with Crippen LogP contribution in [0.3, 0.4) is 0 Å². The van der Waals surface area contributed by atoms with E-state index in [9.17, 15) is 4.79 Å². The molecule has 0 unspecified atom stereocenters. The SMILES string of the molecule is O=C(NCC1CNNC1)OCC1c2ccccc2-c2ccccc21. The molecule has 24 heavy (non-hydrogen) atoms. The van der Waals surface area contributed by atoms with Crippen molar-refractivity contribution in [1.82, 2.24) is 16.2 Å². The molecule has 0 saturated carbocycles. The Balaban J connectivity index is 1.42. The fourth-order valence-electron chi connectivity index (χ4n) is 3.53. The molecule has 1 aliphatic heterocycles. The number of benzene rings is 2. The van der Waals surface area contributed by atoms with Gasteiger partial charge in [-0.25, -0.2) is 4.79 Å². The van der Waals surface area contributed by atoms with Crippen molar-refractivity contribution in [3.8, 4) is 11.1 Å². The number of fused-ring (bicyclic) bond motifs is 3. The molecule has 124 valence electrons. The summed E-state index contributed by atoms with van der Waals surface area (Å²) in [5, 5.41) is 2.86. The van der Waals surface area contributed by atoms with E-state index in [0.29, 0.717) is 19.1 Å². The second-order valence-corrected chi connectivity index (χ2v) is 6.33. The summed E-state index contributed by atoms with van der Waals surface area (Å²) >= 11 is 0. The number of hydrogen-bond acceptors (Lipinski definition) is 4. The molecule has 0 aromatic heterocycles. The molecule has 1 saturated heterocycles. The van der Waals surface area contributed by atoms with Gasteiger partial charge < -0.3 is 10.1 Å². The van der Waals surface area contributed by atoms with Gasteiger partial charge in [-0.3, -0.25) is 10.9 Å². The van der Waals surface area contributed by atoms with Crippen LogP contribution < -0.4 is 16.2 Å². The molecule has 5 nitrogen and oxygen atoms in total. The van der Waals surface area contributed by atoms with Crippen LogP contribution >= 0.6 is 0 Å². The summed E-state index contributed by atoms with van der Waals surface area (Å²) in [6.07, 6.45) is -0.344. The number of nitrogens with one attached hydrogen (secondary N) is 3. The average Bonchev–Trinajstić information content (AvgIpc) is 3.25. The highest BCUT2D eigenvalue weighted by molar-refractivity contribution is 5.79. The Morgan fingerprint density at radius 2 is 1.58 bits per heavy atom. The van der Waals surface area contributed by atoms with E-state index in [-0.39, 0.29) is 12.0 Å². The van der Waals surface area contributed by atoms with E-state index in [2.05, 4.69) is 52.6 Å². The number of hydrogen-bond donors (Lipinski definition) is 3. The second-order valence-electron chi connectivity index (χ2n) is 6.33. The van der Waals surface area contributed by atoms with Crippen LogP contribution in [-0.2, 0) is 4.74 Å². The maximum absolute atomic E-state index is 12.0. The first-order valence-electron chi connectivity index (χ1n) is 8.37. The average molecular weight is 323 g/mol. The molecule has 1 heterocycles. The minimum absolute atomic E-state index is 0.109. The highest BCUT2D eigenvalue weighted by atomic mass is 16.5. The molecule has 0 spiro atoms. The standard InChI is InChI=1S/C19H21N3O2/c23-19(20-9-13-10-21-22-11-13)24-12-18-16-7-3-1-5-14(16)15-6-2-4-8-17(15)18/h1-8,13,18,21-22H,9-12H2,(H,20,23). The summed E-state index contributed by atoms with van der Waals surface area (Å²) < 4.78 is 5.51. The Morgan fingerprint density at radius 3 is 2.21 bits per heavy atom. The van der Waals surface area contributed by atoms with E-state index in [1.165, 1.54) is 22.3 Å². The van der Waals surface area contributed by atoms with Crippen LogP contribution in [-0.4, -0.2) is 32.3 Å². The van der Waals surface area contributed by atoms with Gasteiger partial charge in [-0.1, -0.05) is 48.5 Å². The van der Waals surface area contributed by atoms with E-state index in [1.807, 2.05) is 12.1 Å². The van der Waals surface area contributed by atoms with Gasteiger partial charge >= 0.3 is 6.09 Å². The maximum Gasteiger partial charge on any atom is 0.407 e. The van der Waals surface area contributed by atoms with Crippen molar-refractivity contribution in [2.75, 3.05) is 26.2 Å². The van der Waals surface area contributed by atoms with Gasteiger partial charge in [0.25, 0.3) is 0 Å². The summed E-state index contributed by atoms with van der Waals surface area (Å²) in [5.74, 6) is 0.517. The highest BCUT2D eigenvalue weighted by Crippen LogP contribution is 2.44. The molecule has 5 heteroatoms. The van der Waals surface area contributed by atoms with Crippen molar-refractivity contribution < 1.29 is 9.53 Å². The summed E-state index contributed by atoms with van der Waals surface area (Å²) in [4.78, 5) is 12.0. The predicted molar refractivity (Wildman–Crippen MR) is 92.6 cm³/mol. The summed E-state index contributed by atoms with van der Waals surface area (Å²) in [5.41, 5.74) is 11.1. The molecule has 0 bridgehead atoms. The van der Waals surface area contributed by atoms with Crippen molar-refractivity contribution in [3.63, 3.8) is 0 Å². The van der Waals surface area contributed by atoms with Crippen molar-refractivity contribution in [2.24, 2.45) is 5.92 Å². The highest BCUT2D eigenvalue weighted by Gasteiger charge is 2.29. The van der Waals surface area contributed by atoms with Gasteiger partial charge in [-0.15, -0.1) is 0 Å². The second kappa shape index (κ2) is 6.63. The van der Waals surface area contributed by atoms with E-state index < -0.39 is 0 Å². The number of rotatable bonds is 4. The quantitative estimate of drug-likeness (QED) is 0.808. The van der Waals surface area contributed by atoms with Crippen LogP contribution in [0.25, 0.3) is 11.1 Å². The third-order valence-corrected chi connectivity index (χ3v) is 4.79. The zero-order valence-electron chi connectivity index (χ0n) is 13.4. The van der Waals surface area contributed by atoms with Gasteiger partial charge in [0.1, 0.15) is 6.61 Å². The predicted octanol–water partition coefficient (Wildman–Crippen LogP) is 2.25. The fraction of sp³-hybridized carbons (Fsp3) is 0.316. The van der Waals surface area contributed by atoms with Gasteiger partial charge in [0.05, 0.1) is 0 Å². The number of ether oxygens (including phenoxy) is 1. The lowest BCUT2D eigenvalue weighted by atomic mass is 9.98. The van der Waals surface area contributed by atoms with Crippen LogP contribution in [0.5, 0.6) is 0 Å². The Kier molecular flexibility index (Phi) is 4.19. The zero-order chi connectivity index (χ0) is 16.4. The van der Waals surface area contributed by atoms with Crippen molar-refractivity contribution in [1.29, 1.82) is 0 Å². The van der Waals surface area contributed by atoms with Crippen molar-refractivity contribution >= 4 is 6.09 Å². The first-order valence-corrected chi connectivity index (χ1v) is 8.37. The van der Waals surface area contributed by atoms with Crippen LogP contribution in [0.4, 0.5) is 4.79 Å². The van der Waals surface area contributed by atoms with Crippen LogP contribution in [0.15, 0.2) is 48.5 Å². The zero-order valence-corrected chi connectivity index (χ0v) is 13.4. The first-order chi connectivity index (χ1) is 11.8. The maximum atomic E-state index is 12.0. The molecule has 2 aromatic rings. The summed E-state index contributed by atoms with van der Waals surface area (Å²) in [6.45, 7) is 2.71. The Hall–Kier alpha value is -2.37. The van der Waals surface area contributed by atoms with Crippen molar-refractivity contribution in [3.05, 3.63) is 59.7 Å². The number of carbonyl (C=O) groups is 1. The van der Waals surface area contributed by atoms with Gasteiger partial charge in [-0.05, 0) is 22.3 Å². The Morgan fingerprint density at radius 1 is 1.00 bits per heavy atom. The smallest absolute Gasteiger partial charge is 0.407 e. The minimum atomic E-state index is -0.344. The normalized spacial score (nSPS) is 16.7. The third kappa shape index (κ3) is 2.88. The summed E-state index contributed by atoms with van der Waals surface area (Å²) in [6, 6.07) is 16.7. The molecule has 0 atom stereocenters. The third-order valence-electron chi connectivity index (χ3n) is 4.79. The lowest BCUT2D eigenvalue weighted by Gasteiger charge is -2.15. The number of alkyl carbamates (subject to hydrolysis) is 1. The molecule has 0 radical (unpaired) electrons. The van der Waals surface area contributed by atoms with Gasteiger partial charge in [0.2, 0.25) is 0 Å². The Labute approximate surface area is 141 Å². The molecule has 2 aromatic carbocycles. The van der Waals surface area contributed by atoms with Crippen molar-refractivity contribution in [2.45, 2.75) is 5.92 Å². The van der Waals surface area contributed by atoms with Gasteiger partial charge in [0.15, 0.2) is 0 Å². The number of carbonyl (C=O) groups excluding carboxylic acids is 1. The molecular formula is C19H21N3O2. The van der Waals surface area contributed by atoms with E-state index in [1.54, 1.807) is 0 Å². The largest absolute Gasteiger partial charge is 0.449 e. The summed E-state index contributed by atoms with van der Waals surface area (Å²) in [7, 11) is 0. The Bertz CT molecular complexity index is 695. The van der Waals surface area contributed by atoms with E-state index in [0.717, 1.165) is 13.1 Å². The molecule has 1 fully saturated rings. The molecule has 2 aliphatic rings.